The molecule has 2 saturated carbocycles. The zero-order valence-corrected chi connectivity index (χ0v) is 14.8. The molecule has 1 aromatic carbocycles. The van der Waals surface area contributed by atoms with Crippen LogP contribution in [0.5, 0.6) is 5.75 Å². The molecule has 2 fully saturated rings. The number of aliphatic hydroxyl groups excluding tert-OH is 1. The SMILES string of the molecule is COc1ccc2c(c1)N=C(O)C1(C(CCC[C@@H]3CC3C)C1(F)F)N2C. The monoisotopic (exact) mass is 350 g/mol. The van der Waals surface area contributed by atoms with Gasteiger partial charge in [0, 0.05) is 13.1 Å². The highest BCUT2D eigenvalue weighted by atomic mass is 19.3. The van der Waals surface area contributed by atoms with E-state index in [0.717, 1.165) is 18.8 Å². The average Bonchev–Trinajstić information content (AvgIpc) is 3.40. The van der Waals surface area contributed by atoms with Crippen LogP contribution in [0.3, 0.4) is 0 Å². The van der Waals surface area contributed by atoms with Gasteiger partial charge in [0.15, 0.2) is 5.54 Å². The maximum Gasteiger partial charge on any atom is 0.285 e. The summed E-state index contributed by atoms with van der Waals surface area (Å²) in [6, 6.07) is 5.10. The minimum atomic E-state index is -2.97. The first-order chi connectivity index (χ1) is 11.8. The number of anilines is 1. The Morgan fingerprint density at radius 1 is 1.36 bits per heavy atom. The Bertz CT molecular complexity index is 736. The van der Waals surface area contributed by atoms with Gasteiger partial charge in [-0.3, -0.25) is 0 Å². The number of nitrogens with zero attached hydrogens (tertiary/aromatic N) is 2. The van der Waals surface area contributed by atoms with Crippen molar-refractivity contribution < 1.29 is 18.6 Å². The second kappa shape index (κ2) is 5.32. The van der Waals surface area contributed by atoms with Crippen molar-refractivity contribution in [1.82, 2.24) is 0 Å². The van der Waals surface area contributed by atoms with Gasteiger partial charge in [0.25, 0.3) is 5.92 Å². The first-order valence-electron chi connectivity index (χ1n) is 8.91. The van der Waals surface area contributed by atoms with Gasteiger partial charge in [0.05, 0.1) is 24.4 Å². The number of rotatable bonds is 5. The molecule has 0 aromatic heterocycles. The number of aliphatic hydroxyl groups is 1. The summed E-state index contributed by atoms with van der Waals surface area (Å²) >= 11 is 0. The van der Waals surface area contributed by atoms with Crippen LogP contribution in [0.1, 0.15) is 32.6 Å². The van der Waals surface area contributed by atoms with Crippen LogP contribution in [0, 0.1) is 17.8 Å². The van der Waals surface area contributed by atoms with E-state index >= 15 is 0 Å². The van der Waals surface area contributed by atoms with E-state index in [1.165, 1.54) is 18.4 Å². The average molecular weight is 350 g/mol. The molecule has 4 atom stereocenters. The fraction of sp³-hybridized carbons (Fsp3) is 0.632. The van der Waals surface area contributed by atoms with Crippen molar-refractivity contribution in [3.8, 4) is 5.75 Å². The zero-order chi connectivity index (χ0) is 18.0. The quantitative estimate of drug-likeness (QED) is 0.846. The molecule has 3 unspecified atom stereocenters. The number of alkyl halides is 2. The van der Waals surface area contributed by atoms with E-state index in [0.29, 0.717) is 29.5 Å². The number of methoxy groups -OCH3 is 1. The van der Waals surface area contributed by atoms with Gasteiger partial charge in [0.1, 0.15) is 5.75 Å². The topological polar surface area (TPSA) is 45.1 Å². The predicted octanol–water partition coefficient (Wildman–Crippen LogP) is 4.56. The molecule has 2 aliphatic carbocycles. The highest BCUT2D eigenvalue weighted by molar-refractivity contribution is 6.01. The van der Waals surface area contributed by atoms with E-state index in [4.69, 9.17) is 4.74 Å². The van der Waals surface area contributed by atoms with E-state index in [2.05, 4.69) is 11.9 Å². The Balaban J connectivity index is 1.58. The Labute approximate surface area is 146 Å². The van der Waals surface area contributed by atoms with Crippen LogP contribution in [-0.2, 0) is 0 Å². The molecule has 0 bridgehead atoms. The number of fused-ring (bicyclic) bond motifs is 1. The standard InChI is InChI=1S/C19H24F2N2O2/c1-11-9-12(11)5-4-6-16-18(19(16,20)21)17(24)22-14-10-13(25-3)7-8-15(14)23(18)2/h7-8,10-12,16H,4-6,9H2,1-3H3,(H,22,24)/t11?,12-,16?,18?/m1/s1. The van der Waals surface area contributed by atoms with Crippen LogP contribution in [0.15, 0.2) is 23.2 Å². The van der Waals surface area contributed by atoms with Crippen LogP contribution >= 0.6 is 0 Å². The van der Waals surface area contributed by atoms with Crippen molar-refractivity contribution >= 4 is 17.3 Å². The van der Waals surface area contributed by atoms with Gasteiger partial charge >= 0.3 is 0 Å². The van der Waals surface area contributed by atoms with Crippen LogP contribution in [0.4, 0.5) is 20.2 Å². The fourth-order valence-electron chi connectivity index (χ4n) is 4.54. The summed E-state index contributed by atoms with van der Waals surface area (Å²) in [5.74, 6) is -2.33. The van der Waals surface area contributed by atoms with Crippen molar-refractivity contribution in [2.24, 2.45) is 22.7 Å². The van der Waals surface area contributed by atoms with Crippen molar-refractivity contribution in [2.75, 3.05) is 19.1 Å². The third-order valence-corrected chi connectivity index (χ3v) is 6.35. The van der Waals surface area contributed by atoms with Crippen LogP contribution < -0.4 is 9.64 Å². The van der Waals surface area contributed by atoms with Crippen molar-refractivity contribution in [2.45, 2.75) is 44.1 Å². The number of likely N-dealkylation sites (N-methyl/N-ethyl adjacent to an activating group) is 1. The van der Waals surface area contributed by atoms with E-state index in [9.17, 15) is 13.9 Å². The molecule has 4 rings (SSSR count). The molecular weight excluding hydrogens is 326 g/mol. The summed E-state index contributed by atoms with van der Waals surface area (Å²) < 4.78 is 34.7. The van der Waals surface area contributed by atoms with Crippen LogP contribution in [0.2, 0.25) is 0 Å². The van der Waals surface area contributed by atoms with E-state index in [1.807, 2.05) is 0 Å². The molecule has 4 nitrogen and oxygen atoms in total. The highest BCUT2D eigenvalue weighted by Crippen LogP contribution is 2.67. The van der Waals surface area contributed by atoms with Crippen molar-refractivity contribution in [1.29, 1.82) is 0 Å². The summed E-state index contributed by atoms with van der Waals surface area (Å²) in [5, 5.41) is 10.4. The normalized spacial score (nSPS) is 34.5. The number of ether oxygens (including phenoxy) is 1. The molecule has 1 aromatic rings. The summed E-state index contributed by atoms with van der Waals surface area (Å²) in [4.78, 5) is 5.61. The van der Waals surface area contributed by atoms with Gasteiger partial charge in [-0.25, -0.2) is 13.8 Å². The van der Waals surface area contributed by atoms with Crippen molar-refractivity contribution in [3.05, 3.63) is 18.2 Å². The Morgan fingerprint density at radius 2 is 2.08 bits per heavy atom. The summed E-state index contributed by atoms with van der Waals surface area (Å²) in [6.07, 6.45) is 3.40. The second-order valence-corrected chi connectivity index (χ2v) is 7.69. The number of hydrogen-bond donors (Lipinski definition) is 1. The lowest BCUT2D eigenvalue weighted by atomic mass is 10.0. The minimum Gasteiger partial charge on any atom is -0.497 e. The third-order valence-electron chi connectivity index (χ3n) is 6.35. The Kier molecular flexibility index (Phi) is 3.54. The molecule has 25 heavy (non-hydrogen) atoms. The second-order valence-electron chi connectivity index (χ2n) is 7.69. The molecule has 0 radical (unpaired) electrons. The minimum absolute atomic E-state index is 0.408. The van der Waals surface area contributed by atoms with Gasteiger partial charge in [-0.2, -0.15) is 0 Å². The molecule has 6 heteroatoms. The molecule has 3 aliphatic rings. The van der Waals surface area contributed by atoms with Gasteiger partial charge < -0.3 is 14.7 Å². The van der Waals surface area contributed by atoms with Crippen LogP contribution in [-0.4, -0.2) is 36.6 Å². The summed E-state index contributed by atoms with van der Waals surface area (Å²) in [5.41, 5.74) is -0.640. The van der Waals surface area contributed by atoms with Gasteiger partial charge in [-0.15, -0.1) is 0 Å². The summed E-state index contributed by atoms with van der Waals surface area (Å²) in [7, 11) is 3.15. The molecular formula is C19H24F2N2O2. The van der Waals surface area contributed by atoms with E-state index < -0.39 is 23.3 Å². The lowest BCUT2D eigenvalue weighted by Crippen LogP contribution is -2.48. The summed E-state index contributed by atoms with van der Waals surface area (Å²) in [6.45, 7) is 2.20. The first-order valence-corrected chi connectivity index (χ1v) is 8.91. The zero-order valence-electron chi connectivity index (χ0n) is 14.8. The Hall–Kier alpha value is -1.85. The van der Waals surface area contributed by atoms with Crippen LogP contribution in [0.25, 0.3) is 0 Å². The molecule has 1 heterocycles. The molecule has 0 amide bonds. The molecule has 1 N–H and O–H groups in total. The van der Waals surface area contributed by atoms with Gasteiger partial charge in [-0.1, -0.05) is 19.8 Å². The largest absolute Gasteiger partial charge is 0.497 e. The third kappa shape index (κ3) is 2.19. The van der Waals surface area contributed by atoms with Gasteiger partial charge in [-0.05, 0) is 36.8 Å². The molecule has 1 aliphatic heterocycles. The van der Waals surface area contributed by atoms with E-state index in [1.54, 1.807) is 25.2 Å². The number of halogens is 2. The maximum atomic E-state index is 14.8. The molecule has 0 saturated heterocycles. The number of benzene rings is 1. The maximum absolute atomic E-state index is 14.8. The lowest BCUT2D eigenvalue weighted by Gasteiger charge is -2.34. The van der Waals surface area contributed by atoms with Crippen molar-refractivity contribution in [3.63, 3.8) is 0 Å². The Morgan fingerprint density at radius 3 is 2.72 bits per heavy atom. The molecule has 1 spiro atoms. The number of aliphatic imine (C=N–C) groups is 1. The predicted molar refractivity (Wildman–Crippen MR) is 93.4 cm³/mol. The number of hydrogen-bond acceptors (Lipinski definition) is 3. The first kappa shape index (κ1) is 16.6. The molecule has 136 valence electrons. The fourth-order valence-corrected chi connectivity index (χ4v) is 4.54. The smallest absolute Gasteiger partial charge is 0.285 e. The highest BCUT2D eigenvalue weighted by Gasteiger charge is 2.86. The van der Waals surface area contributed by atoms with Gasteiger partial charge in [0.2, 0.25) is 5.90 Å². The van der Waals surface area contributed by atoms with E-state index in [-0.39, 0.29) is 0 Å². The lowest BCUT2D eigenvalue weighted by molar-refractivity contribution is 0.0821.